The fourth-order valence-corrected chi connectivity index (χ4v) is 1.53. The molecular weight excluding hydrogens is 333 g/mol. The van der Waals surface area contributed by atoms with Crippen LogP contribution in [-0.4, -0.2) is 18.1 Å². The zero-order chi connectivity index (χ0) is 12.3. The maximum atomic E-state index is 12.6. The number of hydrogen-bond acceptors (Lipinski definition) is 4. The Labute approximate surface area is 103 Å². The smallest absolute Gasteiger partial charge is 0.357 e. The normalized spacial score (nSPS) is 10.0. The lowest BCUT2D eigenvalue weighted by molar-refractivity contribution is 0.0581. The molecule has 0 aliphatic rings. The average molecular weight is 338 g/mol. The van der Waals surface area contributed by atoms with Crippen molar-refractivity contribution in [3.05, 3.63) is 26.6 Å². The minimum atomic E-state index is -2.88. The fourth-order valence-electron chi connectivity index (χ4n) is 1.01. The van der Waals surface area contributed by atoms with Gasteiger partial charge in [0.15, 0.2) is 5.69 Å². The van der Waals surface area contributed by atoms with Gasteiger partial charge in [0.2, 0.25) is 0 Å². The summed E-state index contributed by atoms with van der Waals surface area (Å²) in [5, 5.41) is 8.66. The molecule has 0 unspecified atom stereocenters. The minimum Gasteiger partial charge on any atom is -0.464 e. The second-order valence-corrected chi connectivity index (χ2v) is 3.69. The van der Waals surface area contributed by atoms with Crippen molar-refractivity contribution >= 4 is 28.6 Å². The first-order valence-corrected chi connectivity index (χ1v) is 5.06. The summed E-state index contributed by atoms with van der Waals surface area (Å²) in [6.45, 7) is 0. The molecule has 0 saturated carbocycles. The highest BCUT2D eigenvalue weighted by Crippen LogP contribution is 2.25. The monoisotopic (exact) mass is 338 g/mol. The largest absolute Gasteiger partial charge is 0.464 e. The quantitative estimate of drug-likeness (QED) is 0.472. The van der Waals surface area contributed by atoms with E-state index in [1.54, 1.807) is 28.7 Å². The van der Waals surface area contributed by atoms with Crippen LogP contribution in [0.4, 0.5) is 8.78 Å². The van der Waals surface area contributed by atoms with Crippen LogP contribution < -0.4 is 0 Å². The first-order chi connectivity index (χ1) is 7.51. The first kappa shape index (κ1) is 12.8. The molecule has 0 spiro atoms. The van der Waals surface area contributed by atoms with E-state index in [1.165, 1.54) is 0 Å². The van der Waals surface area contributed by atoms with Crippen molar-refractivity contribution in [1.29, 1.82) is 5.26 Å². The Kier molecular flexibility index (Phi) is 4.12. The van der Waals surface area contributed by atoms with E-state index in [1.807, 2.05) is 0 Å². The number of halogens is 3. The Morgan fingerprint density at radius 1 is 1.69 bits per heavy atom. The number of aromatic nitrogens is 1. The third-order valence-corrected chi connectivity index (χ3v) is 2.56. The highest BCUT2D eigenvalue weighted by Gasteiger charge is 2.23. The van der Waals surface area contributed by atoms with Gasteiger partial charge in [-0.25, -0.2) is 18.6 Å². The fraction of sp³-hybridized carbons (Fsp3) is 0.222. The van der Waals surface area contributed by atoms with Crippen molar-refractivity contribution < 1.29 is 18.3 Å². The molecule has 0 aliphatic heterocycles. The molecule has 84 valence electrons. The molecule has 0 saturated heterocycles. The average Bonchev–Trinajstić information content (AvgIpc) is 2.27. The van der Waals surface area contributed by atoms with Crippen molar-refractivity contribution in [1.82, 2.24) is 4.98 Å². The molecule has 0 fully saturated rings. The zero-order valence-electron chi connectivity index (χ0n) is 8.00. The summed E-state index contributed by atoms with van der Waals surface area (Å²) in [6.07, 6.45) is -2.88. The summed E-state index contributed by atoms with van der Waals surface area (Å²) >= 11 is 1.69. The van der Waals surface area contributed by atoms with Gasteiger partial charge in [0, 0.05) is 0 Å². The second kappa shape index (κ2) is 5.16. The van der Waals surface area contributed by atoms with E-state index in [0.29, 0.717) is 0 Å². The summed E-state index contributed by atoms with van der Waals surface area (Å²) in [5.74, 6) is -0.947. The number of hydrogen-bond donors (Lipinski definition) is 0. The number of rotatable bonds is 2. The van der Waals surface area contributed by atoms with Crippen LogP contribution in [0.25, 0.3) is 0 Å². The topological polar surface area (TPSA) is 63.0 Å². The Balaban J connectivity index is 3.43. The van der Waals surface area contributed by atoms with Crippen LogP contribution >= 0.6 is 22.6 Å². The van der Waals surface area contributed by atoms with Gasteiger partial charge in [-0.05, 0) is 28.7 Å². The van der Waals surface area contributed by atoms with Crippen molar-refractivity contribution in [3.63, 3.8) is 0 Å². The molecule has 1 aromatic heterocycles. The molecule has 0 amide bonds. The molecule has 4 nitrogen and oxygen atoms in total. The molecule has 16 heavy (non-hydrogen) atoms. The van der Waals surface area contributed by atoms with Crippen LogP contribution in [0.15, 0.2) is 6.07 Å². The lowest BCUT2D eigenvalue weighted by Crippen LogP contribution is -2.11. The molecule has 0 radical (unpaired) electrons. The van der Waals surface area contributed by atoms with Gasteiger partial charge in [-0.1, -0.05) is 0 Å². The number of pyridine rings is 1. The minimum absolute atomic E-state index is 0.00329. The van der Waals surface area contributed by atoms with Crippen molar-refractivity contribution in [2.75, 3.05) is 7.11 Å². The molecule has 1 heterocycles. The summed E-state index contributed by atoms with van der Waals surface area (Å²) in [5.41, 5.74) is -1.05. The van der Waals surface area contributed by atoms with E-state index >= 15 is 0 Å². The molecule has 0 N–H and O–H groups in total. The van der Waals surface area contributed by atoms with Crippen LogP contribution in [-0.2, 0) is 4.74 Å². The highest BCUT2D eigenvalue weighted by atomic mass is 127. The lowest BCUT2D eigenvalue weighted by Gasteiger charge is -2.07. The number of esters is 1. The van der Waals surface area contributed by atoms with E-state index in [4.69, 9.17) is 5.26 Å². The second-order valence-electron chi connectivity index (χ2n) is 2.67. The third kappa shape index (κ3) is 2.44. The molecular formula is C9H5F2IN2O2. The first-order valence-electron chi connectivity index (χ1n) is 3.98. The number of methoxy groups -OCH3 is 1. The molecule has 1 aromatic rings. The number of ether oxygens (including phenoxy) is 1. The predicted molar refractivity (Wildman–Crippen MR) is 58.0 cm³/mol. The lowest BCUT2D eigenvalue weighted by atomic mass is 10.1. The molecule has 0 atom stereocenters. The van der Waals surface area contributed by atoms with E-state index in [0.717, 1.165) is 13.2 Å². The van der Waals surface area contributed by atoms with Gasteiger partial charge < -0.3 is 4.74 Å². The maximum absolute atomic E-state index is 12.6. The number of nitrogens with zero attached hydrogens (tertiary/aromatic N) is 2. The summed E-state index contributed by atoms with van der Waals surface area (Å²) < 4.78 is 29.7. The van der Waals surface area contributed by atoms with Gasteiger partial charge >= 0.3 is 5.97 Å². The maximum Gasteiger partial charge on any atom is 0.357 e. The zero-order valence-corrected chi connectivity index (χ0v) is 10.2. The molecule has 0 aromatic carbocycles. The van der Waals surface area contributed by atoms with Gasteiger partial charge in [0.05, 0.1) is 18.2 Å². The summed E-state index contributed by atoms with van der Waals surface area (Å²) in [7, 11) is 1.07. The van der Waals surface area contributed by atoms with Crippen molar-refractivity contribution in [2.24, 2.45) is 0 Å². The van der Waals surface area contributed by atoms with E-state index in [9.17, 15) is 13.6 Å². The van der Waals surface area contributed by atoms with Gasteiger partial charge in [0.1, 0.15) is 9.77 Å². The SMILES string of the molecule is COC(=O)c1nc(I)c(C#N)cc1C(F)F. The van der Waals surface area contributed by atoms with Gasteiger partial charge in [-0.2, -0.15) is 5.26 Å². The third-order valence-electron chi connectivity index (χ3n) is 1.74. The predicted octanol–water partition coefficient (Wildman–Crippen LogP) is 2.28. The molecule has 1 rings (SSSR count). The van der Waals surface area contributed by atoms with Crippen molar-refractivity contribution in [2.45, 2.75) is 6.43 Å². The van der Waals surface area contributed by atoms with Gasteiger partial charge in [-0.15, -0.1) is 0 Å². The van der Waals surface area contributed by atoms with E-state index < -0.39 is 23.7 Å². The van der Waals surface area contributed by atoms with E-state index in [2.05, 4.69) is 9.72 Å². The Hall–Kier alpha value is -1.30. The summed E-state index contributed by atoms with van der Waals surface area (Å²) in [6, 6.07) is 2.67. The molecule has 7 heteroatoms. The number of carbonyl (C=O) groups is 1. The number of nitriles is 1. The van der Waals surface area contributed by atoms with Crippen LogP contribution in [0, 0.1) is 15.0 Å². The molecule has 0 bridgehead atoms. The Morgan fingerprint density at radius 3 is 2.75 bits per heavy atom. The standard InChI is InChI=1S/C9H5F2IN2O2/c1-16-9(15)6-5(7(10)11)2-4(3-13)8(12)14-6/h2,7H,1H3. The van der Waals surface area contributed by atoms with Crippen LogP contribution in [0.3, 0.4) is 0 Å². The van der Waals surface area contributed by atoms with Crippen LogP contribution in [0.1, 0.15) is 28.0 Å². The highest BCUT2D eigenvalue weighted by molar-refractivity contribution is 14.1. The van der Waals surface area contributed by atoms with Crippen LogP contribution in [0.2, 0.25) is 0 Å². The summed E-state index contributed by atoms with van der Waals surface area (Å²) in [4.78, 5) is 14.8. The number of alkyl halides is 2. The van der Waals surface area contributed by atoms with Gasteiger partial charge in [-0.3, -0.25) is 0 Å². The number of carbonyl (C=O) groups excluding carboxylic acids is 1. The van der Waals surface area contributed by atoms with Crippen molar-refractivity contribution in [3.8, 4) is 6.07 Å². The Morgan fingerprint density at radius 2 is 2.31 bits per heavy atom. The Bertz CT molecular complexity index is 471. The molecule has 0 aliphatic carbocycles. The van der Waals surface area contributed by atoms with Gasteiger partial charge in [0.25, 0.3) is 6.43 Å². The van der Waals surface area contributed by atoms with E-state index in [-0.39, 0.29) is 9.26 Å². The van der Waals surface area contributed by atoms with Crippen LogP contribution in [0.5, 0.6) is 0 Å².